The number of ether oxygens (including phenoxy) is 1. The molecule has 31 heavy (non-hydrogen) atoms. The Kier molecular flexibility index (Phi) is 5.80. The third-order valence-corrected chi connectivity index (χ3v) is 5.07. The van der Waals surface area contributed by atoms with Crippen LogP contribution in [0.15, 0.2) is 72.8 Å². The van der Waals surface area contributed by atoms with Crippen LogP contribution in [0, 0.1) is 6.92 Å². The molecule has 0 bridgehead atoms. The molecule has 4 aromatic rings. The van der Waals surface area contributed by atoms with Crippen molar-refractivity contribution in [3.8, 4) is 23.1 Å². The van der Waals surface area contributed by atoms with Gasteiger partial charge in [-0.25, -0.2) is 4.68 Å². The minimum Gasteiger partial charge on any atom is -0.466 e. The van der Waals surface area contributed by atoms with Gasteiger partial charge in [0.05, 0.1) is 12.8 Å². The number of amides is 1. The van der Waals surface area contributed by atoms with Crippen molar-refractivity contribution in [2.24, 2.45) is 0 Å². The van der Waals surface area contributed by atoms with Crippen molar-refractivity contribution in [1.29, 1.82) is 0 Å². The van der Waals surface area contributed by atoms with Crippen molar-refractivity contribution >= 4 is 11.6 Å². The van der Waals surface area contributed by atoms with E-state index in [1.165, 1.54) is 11.1 Å². The Morgan fingerprint density at radius 1 is 0.968 bits per heavy atom. The van der Waals surface area contributed by atoms with Crippen LogP contribution in [0.4, 0.5) is 5.69 Å². The highest BCUT2D eigenvalue weighted by Gasteiger charge is 2.14. The summed E-state index contributed by atoms with van der Waals surface area (Å²) in [6.45, 7) is 4.13. The smallest absolute Gasteiger partial charge is 0.336 e. The van der Waals surface area contributed by atoms with E-state index in [2.05, 4.69) is 22.3 Å². The Bertz CT molecular complexity index is 1180. The molecule has 1 N–H and O–H groups in total. The van der Waals surface area contributed by atoms with Crippen LogP contribution in [0.1, 0.15) is 28.4 Å². The number of nitrogens with one attached hydrogen (secondary N) is 1. The highest BCUT2D eigenvalue weighted by molar-refractivity contribution is 6.04. The summed E-state index contributed by atoms with van der Waals surface area (Å²) in [6, 6.07) is 23.5. The molecule has 3 aromatic carbocycles. The molecule has 0 saturated carbocycles. The molecular formula is C25H24N4O2. The van der Waals surface area contributed by atoms with Gasteiger partial charge in [-0.2, -0.15) is 4.98 Å². The molecule has 0 aliphatic rings. The maximum Gasteiger partial charge on any atom is 0.336 e. The summed E-state index contributed by atoms with van der Waals surface area (Å²) in [4.78, 5) is 17.0. The number of anilines is 1. The van der Waals surface area contributed by atoms with Crippen LogP contribution in [0.5, 0.6) is 6.01 Å². The van der Waals surface area contributed by atoms with Gasteiger partial charge in [-0.3, -0.25) is 4.79 Å². The molecule has 0 saturated heterocycles. The van der Waals surface area contributed by atoms with Crippen LogP contribution in [0.3, 0.4) is 0 Å². The van der Waals surface area contributed by atoms with Gasteiger partial charge in [-0.15, -0.1) is 5.10 Å². The Hall–Kier alpha value is -3.93. The van der Waals surface area contributed by atoms with Gasteiger partial charge in [0.15, 0.2) is 5.82 Å². The van der Waals surface area contributed by atoms with E-state index in [0.29, 0.717) is 23.1 Å². The van der Waals surface area contributed by atoms with Gasteiger partial charge in [0.1, 0.15) is 0 Å². The fourth-order valence-corrected chi connectivity index (χ4v) is 3.23. The van der Waals surface area contributed by atoms with E-state index in [-0.39, 0.29) is 5.91 Å². The molecule has 0 atom stereocenters. The van der Waals surface area contributed by atoms with E-state index in [1.54, 1.807) is 11.8 Å². The number of aromatic nitrogens is 3. The molecule has 0 aliphatic heterocycles. The van der Waals surface area contributed by atoms with Crippen molar-refractivity contribution < 1.29 is 9.53 Å². The molecule has 1 amide bonds. The fourth-order valence-electron chi connectivity index (χ4n) is 3.23. The zero-order valence-corrected chi connectivity index (χ0v) is 17.8. The van der Waals surface area contributed by atoms with Gasteiger partial charge < -0.3 is 10.1 Å². The van der Waals surface area contributed by atoms with Crippen molar-refractivity contribution in [3.63, 3.8) is 0 Å². The molecule has 0 aliphatic carbocycles. The maximum atomic E-state index is 12.5. The monoisotopic (exact) mass is 412 g/mol. The van der Waals surface area contributed by atoms with Crippen LogP contribution in [0.25, 0.3) is 17.1 Å². The molecule has 156 valence electrons. The first-order valence-corrected chi connectivity index (χ1v) is 10.2. The summed E-state index contributed by atoms with van der Waals surface area (Å²) < 4.78 is 6.98. The first-order valence-electron chi connectivity index (χ1n) is 10.2. The first-order chi connectivity index (χ1) is 15.1. The average molecular weight is 412 g/mol. The number of carbonyl (C=O) groups excluding carboxylic acids is 1. The summed E-state index contributed by atoms with van der Waals surface area (Å²) in [6.07, 6.45) is 0.945. The first kappa shape index (κ1) is 20.3. The number of hydrogen-bond donors (Lipinski definition) is 1. The Labute approximate surface area is 181 Å². The van der Waals surface area contributed by atoms with Crippen molar-refractivity contribution in [2.75, 3.05) is 12.4 Å². The number of methoxy groups -OCH3 is 1. The lowest BCUT2D eigenvalue weighted by molar-refractivity contribution is 0.102. The van der Waals surface area contributed by atoms with Crippen molar-refractivity contribution in [2.45, 2.75) is 20.3 Å². The Morgan fingerprint density at radius 2 is 1.65 bits per heavy atom. The van der Waals surface area contributed by atoms with E-state index >= 15 is 0 Å². The number of rotatable bonds is 6. The van der Waals surface area contributed by atoms with Crippen molar-refractivity contribution in [3.05, 3.63) is 89.5 Å². The fraction of sp³-hybridized carbons (Fsp3) is 0.160. The molecular weight excluding hydrogens is 388 g/mol. The average Bonchev–Trinajstić information content (AvgIpc) is 3.24. The van der Waals surface area contributed by atoms with Crippen LogP contribution in [-0.2, 0) is 6.42 Å². The third-order valence-electron chi connectivity index (χ3n) is 5.07. The van der Waals surface area contributed by atoms with Gasteiger partial charge in [0.2, 0.25) is 0 Å². The highest BCUT2D eigenvalue weighted by atomic mass is 16.5. The second kappa shape index (κ2) is 8.83. The number of nitrogens with zero attached hydrogens (tertiary/aromatic N) is 3. The number of aryl methyl sites for hydroxylation is 2. The zero-order valence-electron chi connectivity index (χ0n) is 17.8. The summed E-state index contributed by atoms with van der Waals surface area (Å²) in [5, 5.41) is 7.38. The second-order valence-corrected chi connectivity index (χ2v) is 7.25. The highest BCUT2D eigenvalue weighted by Crippen LogP contribution is 2.25. The molecule has 6 heteroatoms. The van der Waals surface area contributed by atoms with Crippen LogP contribution < -0.4 is 10.1 Å². The normalized spacial score (nSPS) is 10.7. The van der Waals surface area contributed by atoms with Crippen LogP contribution in [0.2, 0.25) is 0 Å². The minimum atomic E-state index is -0.141. The zero-order chi connectivity index (χ0) is 21.8. The molecule has 6 nitrogen and oxygen atoms in total. The largest absolute Gasteiger partial charge is 0.466 e. The minimum absolute atomic E-state index is 0.141. The van der Waals surface area contributed by atoms with E-state index in [1.807, 2.05) is 79.7 Å². The van der Waals surface area contributed by atoms with Gasteiger partial charge in [-0.05, 0) is 55.3 Å². The molecule has 4 rings (SSSR count). The SMILES string of the molecule is CCc1ccc(C(=O)Nc2ccc(-n3nc(OC)nc3-c3ccc(C)cc3)cc2)cc1. The van der Waals surface area contributed by atoms with Crippen LogP contribution >= 0.6 is 0 Å². The third kappa shape index (κ3) is 4.48. The molecule has 1 aromatic heterocycles. The maximum absolute atomic E-state index is 12.5. The van der Waals surface area contributed by atoms with Gasteiger partial charge in [0.25, 0.3) is 5.91 Å². The number of carbonyl (C=O) groups is 1. The summed E-state index contributed by atoms with van der Waals surface area (Å²) >= 11 is 0. The summed E-state index contributed by atoms with van der Waals surface area (Å²) in [7, 11) is 1.55. The van der Waals surface area contributed by atoms with Gasteiger partial charge in [0, 0.05) is 16.8 Å². The molecule has 0 unspecified atom stereocenters. The van der Waals surface area contributed by atoms with Crippen molar-refractivity contribution in [1.82, 2.24) is 14.8 Å². The van der Waals surface area contributed by atoms with E-state index < -0.39 is 0 Å². The summed E-state index contributed by atoms with van der Waals surface area (Å²) in [5.74, 6) is 0.544. The van der Waals surface area contributed by atoms with E-state index in [0.717, 1.165) is 17.7 Å². The predicted molar refractivity (Wildman–Crippen MR) is 122 cm³/mol. The lowest BCUT2D eigenvalue weighted by Crippen LogP contribution is -2.12. The van der Waals surface area contributed by atoms with E-state index in [4.69, 9.17) is 4.74 Å². The molecule has 1 heterocycles. The Balaban J connectivity index is 1.57. The van der Waals surface area contributed by atoms with Gasteiger partial charge >= 0.3 is 6.01 Å². The topological polar surface area (TPSA) is 69.0 Å². The quantitative estimate of drug-likeness (QED) is 0.480. The predicted octanol–water partition coefficient (Wildman–Crippen LogP) is 5.07. The second-order valence-electron chi connectivity index (χ2n) is 7.25. The molecule has 0 spiro atoms. The summed E-state index contributed by atoms with van der Waals surface area (Å²) in [5.41, 5.74) is 5.46. The van der Waals surface area contributed by atoms with Gasteiger partial charge in [-0.1, -0.05) is 48.9 Å². The lowest BCUT2D eigenvalue weighted by atomic mass is 10.1. The lowest BCUT2D eigenvalue weighted by Gasteiger charge is -2.09. The Morgan fingerprint density at radius 3 is 2.26 bits per heavy atom. The molecule has 0 fully saturated rings. The number of hydrogen-bond acceptors (Lipinski definition) is 4. The van der Waals surface area contributed by atoms with E-state index in [9.17, 15) is 4.79 Å². The molecule has 0 radical (unpaired) electrons. The standard InChI is InChI=1S/C25H24N4O2/c1-4-18-7-11-20(12-8-18)24(30)26-21-13-15-22(16-14-21)29-23(27-25(28-29)31-3)19-9-5-17(2)6-10-19/h5-16H,4H2,1-3H3,(H,26,30). The number of benzene rings is 3. The van der Waals surface area contributed by atoms with Crippen LogP contribution in [-0.4, -0.2) is 27.8 Å².